The van der Waals surface area contributed by atoms with E-state index in [4.69, 9.17) is 27.3 Å². The van der Waals surface area contributed by atoms with Crippen molar-refractivity contribution >= 4 is 33.4 Å². The molecule has 0 aliphatic rings. The van der Waals surface area contributed by atoms with Crippen LogP contribution < -0.4 is 10.5 Å². The van der Waals surface area contributed by atoms with Gasteiger partial charge >= 0.3 is 0 Å². The predicted octanol–water partition coefficient (Wildman–Crippen LogP) is 4.27. The zero-order valence-electron chi connectivity index (χ0n) is 10.3. The topological polar surface area (TPSA) is 67.8 Å². The number of ether oxygens (including phenoxy) is 1. The van der Waals surface area contributed by atoms with E-state index in [1.807, 2.05) is 0 Å². The average molecular weight is 378 g/mol. The van der Waals surface area contributed by atoms with Crippen LogP contribution in [0.1, 0.15) is 5.56 Å². The molecule has 110 valence electrons. The highest BCUT2D eigenvalue weighted by Crippen LogP contribution is 2.32. The highest BCUT2D eigenvalue weighted by Gasteiger charge is 2.16. The monoisotopic (exact) mass is 376 g/mol. The second-order valence-electron chi connectivity index (χ2n) is 3.93. The van der Waals surface area contributed by atoms with Gasteiger partial charge in [-0.05, 0) is 24.3 Å². The first-order chi connectivity index (χ1) is 9.92. The number of oxime groups is 1. The normalized spacial score (nSPS) is 11.5. The standard InChI is InChI=1S/C13H8BrClF2N2O2/c14-6-3-9(16)12(17)11(4-6)21-10-5-7(15)1-2-8(10)13(18)19-20/h1-5,20H,(H2,18,19). The Bertz CT molecular complexity index is 726. The molecule has 0 aliphatic carbocycles. The molecule has 0 amide bonds. The summed E-state index contributed by atoms with van der Waals surface area (Å²) >= 11 is 8.87. The Hall–Kier alpha value is -1.86. The van der Waals surface area contributed by atoms with Gasteiger partial charge in [-0.3, -0.25) is 0 Å². The first-order valence-electron chi connectivity index (χ1n) is 5.52. The highest BCUT2D eigenvalue weighted by atomic mass is 79.9. The van der Waals surface area contributed by atoms with Crippen LogP contribution >= 0.6 is 27.5 Å². The van der Waals surface area contributed by atoms with E-state index >= 15 is 0 Å². The molecule has 0 heterocycles. The Morgan fingerprint density at radius 2 is 1.95 bits per heavy atom. The fourth-order valence-corrected chi connectivity index (χ4v) is 2.14. The van der Waals surface area contributed by atoms with E-state index in [0.29, 0.717) is 4.47 Å². The summed E-state index contributed by atoms with van der Waals surface area (Å²) in [6, 6.07) is 6.46. The molecule has 8 heteroatoms. The van der Waals surface area contributed by atoms with Crippen LogP contribution in [0.25, 0.3) is 0 Å². The van der Waals surface area contributed by atoms with Gasteiger partial charge in [-0.2, -0.15) is 4.39 Å². The summed E-state index contributed by atoms with van der Waals surface area (Å²) in [5, 5.41) is 11.9. The molecule has 21 heavy (non-hydrogen) atoms. The summed E-state index contributed by atoms with van der Waals surface area (Å²) in [4.78, 5) is 0. The van der Waals surface area contributed by atoms with Gasteiger partial charge in [0.1, 0.15) is 5.75 Å². The molecule has 4 nitrogen and oxygen atoms in total. The third-order valence-electron chi connectivity index (χ3n) is 2.51. The van der Waals surface area contributed by atoms with Gasteiger partial charge in [0, 0.05) is 15.6 Å². The van der Waals surface area contributed by atoms with Crippen LogP contribution in [0.15, 0.2) is 40.0 Å². The Kier molecular flexibility index (Phi) is 4.64. The quantitative estimate of drug-likeness (QED) is 0.276. The molecule has 2 aromatic rings. The van der Waals surface area contributed by atoms with Crippen LogP contribution in [-0.2, 0) is 0 Å². The molecule has 0 bridgehead atoms. The van der Waals surface area contributed by atoms with Gasteiger partial charge in [0.15, 0.2) is 17.4 Å². The van der Waals surface area contributed by atoms with Crippen molar-refractivity contribution in [3.8, 4) is 11.5 Å². The maximum Gasteiger partial charge on any atom is 0.201 e. The van der Waals surface area contributed by atoms with Crippen molar-refractivity contribution in [2.45, 2.75) is 0 Å². The second-order valence-corrected chi connectivity index (χ2v) is 5.28. The molecular formula is C13H8BrClF2N2O2. The van der Waals surface area contributed by atoms with Gasteiger partial charge < -0.3 is 15.7 Å². The summed E-state index contributed by atoms with van der Waals surface area (Å²) in [5.41, 5.74) is 5.68. The Morgan fingerprint density at radius 1 is 1.24 bits per heavy atom. The average Bonchev–Trinajstić information content (AvgIpc) is 2.43. The smallest absolute Gasteiger partial charge is 0.201 e. The van der Waals surface area contributed by atoms with Gasteiger partial charge in [0.25, 0.3) is 0 Å². The maximum absolute atomic E-state index is 13.7. The number of halogens is 4. The van der Waals surface area contributed by atoms with Gasteiger partial charge in [0.2, 0.25) is 5.82 Å². The van der Waals surface area contributed by atoms with Crippen molar-refractivity contribution in [1.82, 2.24) is 0 Å². The number of hydrogen-bond acceptors (Lipinski definition) is 3. The fraction of sp³-hybridized carbons (Fsp3) is 0. The minimum absolute atomic E-state index is 0.0224. The van der Waals surface area contributed by atoms with Crippen LogP contribution in [0.2, 0.25) is 5.02 Å². The van der Waals surface area contributed by atoms with Crippen LogP contribution in [0.3, 0.4) is 0 Å². The van der Waals surface area contributed by atoms with E-state index in [1.165, 1.54) is 24.3 Å². The summed E-state index contributed by atoms with van der Waals surface area (Å²) in [6.07, 6.45) is 0. The van der Waals surface area contributed by atoms with Crippen molar-refractivity contribution in [2.75, 3.05) is 0 Å². The molecule has 0 aliphatic heterocycles. The number of nitrogens with zero attached hydrogens (tertiary/aromatic N) is 1. The third-order valence-corrected chi connectivity index (χ3v) is 3.20. The Labute approximate surface area is 131 Å². The Balaban J connectivity index is 2.51. The molecule has 0 radical (unpaired) electrons. The lowest BCUT2D eigenvalue weighted by molar-refractivity contribution is 0.318. The molecule has 0 spiro atoms. The first-order valence-corrected chi connectivity index (χ1v) is 6.69. The maximum atomic E-state index is 13.7. The number of benzene rings is 2. The van der Waals surface area contributed by atoms with Crippen LogP contribution in [0, 0.1) is 11.6 Å². The molecule has 0 unspecified atom stereocenters. The predicted molar refractivity (Wildman–Crippen MR) is 78.1 cm³/mol. The highest BCUT2D eigenvalue weighted by molar-refractivity contribution is 9.10. The molecule has 0 aromatic heterocycles. The summed E-state index contributed by atoms with van der Waals surface area (Å²) in [5.74, 6) is -2.83. The minimum Gasteiger partial charge on any atom is -0.453 e. The lowest BCUT2D eigenvalue weighted by Crippen LogP contribution is -2.14. The number of amidine groups is 1. The van der Waals surface area contributed by atoms with Crippen LogP contribution in [0.4, 0.5) is 8.78 Å². The number of nitrogens with two attached hydrogens (primary N) is 1. The van der Waals surface area contributed by atoms with Crippen LogP contribution in [-0.4, -0.2) is 11.0 Å². The van der Waals surface area contributed by atoms with E-state index in [-0.39, 0.29) is 27.9 Å². The number of hydrogen-bond donors (Lipinski definition) is 2. The molecule has 0 saturated heterocycles. The zero-order valence-corrected chi connectivity index (χ0v) is 12.6. The summed E-state index contributed by atoms with van der Waals surface area (Å²) in [6.45, 7) is 0. The lowest BCUT2D eigenvalue weighted by Gasteiger charge is -2.12. The van der Waals surface area contributed by atoms with E-state index in [1.54, 1.807) is 0 Å². The van der Waals surface area contributed by atoms with Gasteiger partial charge in [-0.15, -0.1) is 0 Å². The SMILES string of the molecule is N/C(=N/O)c1ccc(Cl)cc1Oc1cc(Br)cc(F)c1F. The third kappa shape index (κ3) is 3.43. The van der Waals surface area contributed by atoms with E-state index in [2.05, 4.69) is 21.1 Å². The summed E-state index contributed by atoms with van der Waals surface area (Å²) in [7, 11) is 0. The van der Waals surface area contributed by atoms with E-state index in [9.17, 15) is 8.78 Å². The molecule has 2 rings (SSSR count). The van der Waals surface area contributed by atoms with Crippen molar-refractivity contribution in [1.29, 1.82) is 0 Å². The van der Waals surface area contributed by atoms with Crippen molar-refractivity contribution in [3.05, 3.63) is 57.0 Å². The number of rotatable bonds is 3. The second kappa shape index (κ2) is 6.28. The van der Waals surface area contributed by atoms with Gasteiger partial charge in [0.05, 0.1) is 5.56 Å². The van der Waals surface area contributed by atoms with Crippen molar-refractivity contribution in [2.24, 2.45) is 10.9 Å². The molecule has 0 atom stereocenters. The lowest BCUT2D eigenvalue weighted by atomic mass is 10.2. The molecule has 0 saturated carbocycles. The molecular weight excluding hydrogens is 370 g/mol. The van der Waals surface area contributed by atoms with Gasteiger partial charge in [-0.25, -0.2) is 4.39 Å². The van der Waals surface area contributed by atoms with E-state index in [0.717, 1.165) is 6.07 Å². The van der Waals surface area contributed by atoms with Crippen LogP contribution in [0.5, 0.6) is 11.5 Å². The van der Waals surface area contributed by atoms with Gasteiger partial charge in [-0.1, -0.05) is 32.7 Å². The fourth-order valence-electron chi connectivity index (χ4n) is 1.57. The molecule has 3 N–H and O–H groups in total. The van der Waals surface area contributed by atoms with Crippen molar-refractivity contribution < 1.29 is 18.7 Å². The largest absolute Gasteiger partial charge is 0.453 e. The molecule has 0 fully saturated rings. The zero-order chi connectivity index (χ0) is 15.6. The van der Waals surface area contributed by atoms with Crippen molar-refractivity contribution in [3.63, 3.8) is 0 Å². The van der Waals surface area contributed by atoms with E-state index < -0.39 is 11.6 Å². The summed E-state index contributed by atoms with van der Waals surface area (Å²) < 4.78 is 32.7. The minimum atomic E-state index is -1.16. The Morgan fingerprint density at radius 3 is 2.62 bits per heavy atom. The molecule has 2 aromatic carbocycles. The first kappa shape index (κ1) is 15.5.